The Morgan fingerprint density at radius 1 is 1.37 bits per heavy atom. The number of unbranched alkanes of at least 4 members (excludes halogenated alkanes) is 1. The van der Waals surface area contributed by atoms with E-state index in [2.05, 4.69) is 27.1 Å². The van der Waals surface area contributed by atoms with Crippen LogP contribution in [0.15, 0.2) is 30.3 Å². The Bertz CT molecular complexity index is 798. The minimum Gasteiger partial charge on any atom is -0.355 e. The first kappa shape index (κ1) is 19.0. The molecule has 1 saturated heterocycles. The van der Waals surface area contributed by atoms with E-state index in [1.54, 1.807) is 12.1 Å². The Morgan fingerprint density at radius 3 is 2.96 bits per heavy atom. The molecule has 0 saturated carbocycles. The summed E-state index contributed by atoms with van der Waals surface area (Å²) in [6, 6.07) is 8.55. The molecular weight excluding hydrogens is 344 g/mol. The van der Waals surface area contributed by atoms with Crippen LogP contribution in [0.2, 0.25) is 0 Å². The highest BCUT2D eigenvalue weighted by molar-refractivity contribution is 5.59. The number of hydrogen-bond acceptors (Lipinski definition) is 7. The molecule has 1 fully saturated rings. The topological polar surface area (TPSA) is 110 Å². The number of aryl methyl sites for hydroxylation is 1. The van der Waals surface area contributed by atoms with E-state index in [1.807, 2.05) is 6.07 Å². The Morgan fingerprint density at radius 2 is 2.22 bits per heavy atom. The first-order valence-corrected chi connectivity index (χ1v) is 9.45. The quantitative estimate of drug-likeness (QED) is 0.567. The van der Waals surface area contributed by atoms with Gasteiger partial charge in [0.2, 0.25) is 5.95 Å². The van der Waals surface area contributed by atoms with Gasteiger partial charge < -0.3 is 16.0 Å². The first-order valence-electron chi connectivity index (χ1n) is 9.45. The molecular formula is C19H26N6O2. The van der Waals surface area contributed by atoms with Gasteiger partial charge in [-0.25, -0.2) is 4.98 Å². The van der Waals surface area contributed by atoms with E-state index in [-0.39, 0.29) is 11.7 Å². The van der Waals surface area contributed by atoms with Gasteiger partial charge in [-0.15, -0.1) is 0 Å². The highest BCUT2D eigenvalue weighted by Gasteiger charge is 2.19. The van der Waals surface area contributed by atoms with Crippen molar-refractivity contribution in [2.75, 3.05) is 23.3 Å². The van der Waals surface area contributed by atoms with E-state index in [4.69, 9.17) is 5.73 Å². The average molecular weight is 370 g/mol. The number of rotatable bonds is 7. The largest absolute Gasteiger partial charge is 0.355 e. The molecule has 0 bridgehead atoms. The summed E-state index contributed by atoms with van der Waals surface area (Å²) in [5.41, 5.74) is 7.72. The third-order valence-corrected chi connectivity index (χ3v) is 4.65. The zero-order valence-electron chi connectivity index (χ0n) is 15.6. The molecule has 0 aliphatic carbocycles. The molecule has 0 spiro atoms. The molecule has 3 rings (SSSR count). The van der Waals surface area contributed by atoms with Gasteiger partial charge in [0.25, 0.3) is 5.69 Å². The summed E-state index contributed by atoms with van der Waals surface area (Å²) in [4.78, 5) is 22.0. The molecule has 0 radical (unpaired) electrons. The van der Waals surface area contributed by atoms with E-state index in [1.165, 1.54) is 12.1 Å². The smallest absolute Gasteiger partial charge is 0.271 e. The number of nitrogens with two attached hydrogens (primary N) is 1. The zero-order valence-corrected chi connectivity index (χ0v) is 15.6. The minimum absolute atomic E-state index is 0.0318. The second kappa shape index (κ2) is 8.77. The van der Waals surface area contributed by atoms with Gasteiger partial charge in [-0.3, -0.25) is 10.1 Å². The third kappa shape index (κ3) is 5.13. The number of anilines is 3. The van der Waals surface area contributed by atoms with Gasteiger partial charge >= 0.3 is 0 Å². The summed E-state index contributed by atoms with van der Waals surface area (Å²) in [7, 11) is 0. The van der Waals surface area contributed by atoms with Crippen LogP contribution in [0.3, 0.4) is 0 Å². The van der Waals surface area contributed by atoms with Gasteiger partial charge in [-0.2, -0.15) is 4.98 Å². The van der Waals surface area contributed by atoms with E-state index >= 15 is 0 Å². The summed E-state index contributed by atoms with van der Waals surface area (Å²) >= 11 is 0. The average Bonchev–Trinajstić information content (AvgIpc) is 2.66. The van der Waals surface area contributed by atoms with Gasteiger partial charge in [-0.05, 0) is 31.7 Å². The van der Waals surface area contributed by atoms with Crippen LogP contribution in [0.1, 0.15) is 38.3 Å². The first-order chi connectivity index (χ1) is 13.0. The van der Waals surface area contributed by atoms with Crippen molar-refractivity contribution >= 4 is 23.1 Å². The zero-order chi connectivity index (χ0) is 19.2. The molecule has 1 aromatic carbocycles. The fourth-order valence-corrected chi connectivity index (χ4v) is 3.23. The summed E-state index contributed by atoms with van der Waals surface area (Å²) < 4.78 is 0. The third-order valence-electron chi connectivity index (χ3n) is 4.65. The van der Waals surface area contributed by atoms with Crippen LogP contribution in [0.4, 0.5) is 23.1 Å². The molecule has 8 heteroatoms. The maximum Gasteiger partial charge on any atom is 0.271 e. The van der Waals surface area contributed by atoms with Crippen molar-refractivity contribution in [2.45, 2.75) is 45.1 Å². The normalized spacial score (nSPS) is 17.0. The number of piperidine rings is 1. The van der Waals surface area contributed by atoms with Crippen molar-refractivity contribution in [1.82, 2.24) is 9.97 Å². The van der Waals surface area contributed by atoms with Crippen molar-refractivity contribution in [1.29, 1.82) is 0 Å². The van der Waals surface area contributed by atoms with Crippen molar-refractivity contribution in [2.24, 2.45) is 5.73 Å². The van der Waals surface area contributed by atoms with Crippen LogP contribution in [-0.4, -0.2) is 34.0 Å². The maximum atomic E-state index is 11.0. The van der Waals surface area contributed by atoms with E-state index in [0.717, 1.165) is 56.7 Å². The summed E-state index contributed by atoms with van der Waals surface area (Å²) in [6.07, 6.45) is 5.08. The highest BCUT2D eigenvalue weighted by atomic mass is 16.6. The molecule has 8 nitrogen and oxygen atoms in total. The Labute approximate surface area is 159 Å². The minimum atomic E-state index is -0.412. The number of aromatic nitrogens is 2. The number of nitrogens with one attached hydrogen (secondary N) is 1. The molecule has 1 aliphatic heterocycles. The lowest BCUT2D eigenvalue weighted by Gasteiger charge is -2.32. The van der Waals surface area contributed by atoms with Crippen LogP contribution in [0.25, 0.3) is 0 Å². The molecule has 2 heterocycles. The maximum absolute atomic E-state index is 11.0. The molecule has 0 amide bonds. The molecule has 3 N–H and O–H groups in total. The second-order valence-electron chi connectivity index (χ2n) is 6.93. The monoisotopic (exact) mass is 370 g/mol. The number of nitro benzene ring substituents is 1. The Hall–Kier alpha value is -2.74. The van der Waals surface area contributed by atoms with E-state index in [0.29, 0.717) is 11.6 Å². The predicted octanol–water partition coefficient (Wildman–Crippen LogP) is 3.40. The van der Waals surface area contributed by atoms with Crippen molar-refractivity contribution in [3.63, 3.8) is 0 Å². The molecule has 144 valence electrons. The lowest BCUT2D eigenvalue weighted by Crippen LogP contribution is -2.43. The summed E-state index contributed by atoms with van der Waals surface area (Å²) in [5.74, 6) is 1.32. The molecule has 27 heavy (non-hydrogen) atoms. The van der Waals surface area contributed by atoms with Gasteiger partial charge in [0.05, 0.1) is 4.92 Å². The van der Waals surface area contributed by atoms with E-state index < -0.39 is 4.92 Å². The van der Waals surface area contributed by atoms with E-state index in [9.17, 15) is 10.1 Å². The number of benzene rings is 1. The van der Waals surface area contributed by atoms with Crippen LogP contribution in [0, 0.1) is 10.1 Å². The summed E-state index contributed by atoms with van der Waals surface area (Å²) in [6.45, 7) is 3.85. The molecule has 2 aromatic rings. The lowest BCUT2D eigenvalue weighted by molar-refractivity contribution is -0.384. The van der Waals surface area contributed by atoms with Crippen LogP contribution < -0.4 is 16.0 Å². The fraction of sp³-hybridized carbons (Fsp3) is 0.474. The molecule has 1 atom stereocenters. The van der Waals surface area contributed by atoms with Gasteiger partial charge in [0.15, 0.2) is 0 Å². The van der Waals surface area contributed by atoms with Gasteiger partial charge in [0, 0.05) is 48.7 Å². The SMILES string of the molecule is CCCCc1cc(N2CCC[C@@H](N)C2)nc(Nc2cccc([N+](=O)[O-])c2)n1. The number of nitro groups is 1. The van der Waals surface area contributed by atoms with Crippen molar-refractivity contribution in [3.8, 4) is 0 Å². The molecule has 0 unspecified atom stereocenters. The Balaban J connectivity index is 1.87. The van der Waals surface area contributed by atoms with Gasteiger partial charge in [-0.1, -0.05) is 19.4 Å². The van der Waals surface area contributed by atoms with Crippen LogP contribution >= 0.6 is 0 Å². The molecule has 1 aromatic heterocycles. The fourth-order valence-electron chi connectivity index (χ4n) is 3.23. The Kier molecular flexibility index (Phi) is 6.18. The second-order valence-corrected chi connectivity index (χ2v) is 6.93. The standard InChI is InChI=1S/C19H26N6O2/c1-2-3-7-16-12-18(24-10-5-6-14(20)13-24)23-19(22-16)21-15-8-4-9-17(11-15)25(26)27/h4,8-9,11-12,14H,2-3,5-7,10,13,20H2,1H3,(H,21,22,23)/t14-/m1/s1. The van der Waals surface area contributed by atoms with Gasteiger partial charge in [0.1, 0.15) is 5.82 Å². The number of non-ortho nitro benzene ring substituents is 1. The molecule has 1 aliphatic rings. The lowest BCUT2D eigenvalue weighted by atomic mass is 10.1. The highest BCUT2D eigenvalue weighted by Crippen LogP contribution is 2.24. The van der Waals surface area contributed by atoms with Crippen LogP contribution in [-0.2, 0) is 6.42 Å². The number of nitrogens with zero attached hydrogens (tertiary/aromatic N) is 4. The van der Waals surface area contributed by atoms with Crippen molar-refractivity contribution in [3.05, 3.63) is 46.1 Å². The summed E-state index contributed by atoms with van der Waals surface area (Å²) in [5, 5.41) is 14.1. The predicted molar refractivity (Wildman–Crippen MR) is 106 cm³/mol. The van der Waals surface area contributed by atoms with Crippen LogP contribution in [0.5, 0.6) is 0 Å². The van der Waals surface area contributed by atoms with Crippen molar-refractivity contribution < 1.29 is 4.92 Å². The number of hydrogen-bond donors (Lipinski definition) is 2.